The first-order chi connectivity index (χ1) is 16.1. The van der Waals surface area contributed by atoms with Gasteiger partial charge in [-0.1, -0.05) is 30.2 Å². The highest BCUT2D eigenvalue weighted by molar-refractivity contribution is 6.31. The van der Waals surface area contributed by atoms with Gasteiger partial charge in [-0.3, -0.25) is 14.7 Å². The number of amides is 1. The van der Waals surface area contributed by atoms with Gasteiger partial charge in [0.25, 0.3) is 5.91 Å². The van der Waals surface area contributed by atoms with Gasteiger partial charge in [0.1, 0.15) is 0 Å². The summed E-state index contributed by atoms with van der Waals surface area (Å²) in [5, 5.41) is 4.68. The number of hydrogen-bond acceptors (Lipinski definition) is 3. The number of pyridine rings is 1. The Kier molecular flexibility index (Phi) is 6.16. The Labute approximate surface area is 198 Å². The molecule has 0 aliphatic carbocycles. The van der Waals surface area contributed by atoms with Crippen molar-refractivity contribution in [1.82, 2.24) is 14.9 Å². The van der Waals surface area contributed by atoms with E-state index < -0.39 is 0 Å². The zero-order valence-electron chi connectivity index (χ0n) is 18.6. The van der Waals surface area contributed by atoms with E-state index in [1.165, 1.54) is 24.8 Å². The summed E-state index contributed by atoms with van der Waals surface area (Å²) in [6.45, 7) is 4.23. The number of aromatic nitrogens is 2. The molecule has 33 heavy (non-hydrogen) atoms. The minimum Gasteiger partial charge on any atom is -0.358 e. The minimum atomic E-state index is -0.178. The SMILES string of the molecule is Cc1[nH]c2ccc(NC(=O)c3cccc(Cl)c3)cc2c1[C@H](c1ccccn1)N1CCCCC1. The number of aromatic amines is 1. The van der Waals surface area contributed by atoms with E-state index in [2.05, 4.69) is 40.3 Å². The summed E-state index contributed by atoms with van der Waals surface area (Å²) in [4.78, 5) is 23.6. The van der Waals surface area contributed by atoms with Gasteiger partial charge in [-0.15, -0.1) is 0 Å². The second-order valence-electron chi connectivity index (χ2n) is 8.64. The quantitative estimate of drug-likeness (QED) is 0.366. The van der Waals surface area contributed by atoms with Gasteiger partial charge in [-0.2, -0.15) is 0 Å². The average Bonchev–Trinajstić information content (AvgIpc) is 3.16. The summed E-state index contributed by atoms with van der Waals surface area (Å²) in [5.74, 6) is -0.178. The predicted molar refractivity (Wildman–Crippen MR) is 134 cm³/mol. The summed E-state index contributed by atoms with van der Waals surface area (Å²) in [7, 11) is 0. The molecule has 0 radical (unpaired) electrons. The molecule has 4 aromatic rings. The van der Waals surface area contributed by atoms with Crippen molar-refractivity contribution in [3.63, 3.8) is 0 Å². The maximum Gasteiger partial charge on any atom is 0.255 e. The van der Waals surface area contributed by atoms with Crippen molar-refractivity contribution in [2.24, 2.45) is 0 Å². The number of anilines is 1. The number of nitrogens with one attached hydrogen (secondary N) is 2. The van der Waals surface area contributed by atoms with Gasteiger partial charge in [0, 0.05) is 44.6 Å². The summed E-state index contributed by atoms with van der Waals surface area (Å²) >= 11 is 6.07. The van der Waals surface area contributed by atoms with Crippen LogP contribution >= 0.6 is 11.6 Å². The molecule has 0 unspecified atom stereocenters. The normalized spacial score (nSPS) is 15.5. The van der Waals surface area contributed by atoms with Gasteiger partial charge in [-0.25, -0.2) is 0 Å². The van der Waals surface area contributed by atoms with E-state index in [9.17, 15) is 4.79 Å². The largest absolute Gasteiger partial charge is 0.358 e. The standard InChI is InChI=1S/C27H27ClN4O/c1-18-25(26(24-10-3-4-13-29-24)32-14-5-2-6-15-32)22-17-21(11-12-23(22)30-18)31-27(33)19-8-7-9-20(28)16-19/h3-4,7-13,16-17,26,30H,2,5-6,14-15H2,1H3,(H,31,33)/t26-/m0/s1. The van der Waals surface area contributed by atoms with Crippen LogP contribution in [-0.2, 0) is 0 Å². The van der Waals surface area contributed by atoms with Gasteiger partial charge in [-0.05, 0) is 81.4 Å². The molecular formula is C27H27ClN4O. The molecule has 0 spiro atoms. The molecule has 2 aromatic heterocycles. The summed E-state index contributed by atoms with van der Waals surface area (Å²) < 4.78 is 0. The number of benzene rings is 2. The fraction of sp³-hybridized carbons (Fsp3) is 0.259. The minimum absolute atomic E-state index is 0.0686. The number of rotatable bonds is 5. The van der Waals surface area contributed by atoms with Crippen molar-refractivity contribution in [2.45, 2.75) is 32.2 Å². The second-order valence-corrected chi connectivity index (χ2v) is 9.08. The van der Waals surface area contributed by atoms with E-state index >= 15 is 0 Å². The average molecular weight is 459 g/mol. The van der Waals surface area contributed by atoms with E-state index in [-0.39, 0.29) is 11.9 Å². The van der Waals surface area contributed by atoms with E-state index in [4.69, 9.17) is 16.6 Å². The Morgan fingerprint density at radius 2 is 1.91 bits per heavy atom. The van der Waals surface area contributed by atoms with E-state index in [1.807, 2.05) is 24.4 Å². The van der Waals surface area contributed by atoms with Crippen LogP contribution in [0.2, 0.25) is 5.02 Å². The molecule has 1 amide bonds. The topological polar surface area (TPSA) is 61.0 Å². The third-order valence-corrected chi connectivity index (χ3v) is 6.61. The number of fused-ring (bicyclic) bond motifs is 1. The molecule has 168 valence electrons. The number of aryl methyl sites for hydroxylation is 1. The van der Waals surface area contributed by atoms with Gasteiger partial charge >= 0.3 is 0 Å². The molecule has 6 heteroatoms. The Balaban J connectivity index is 1.55. The molecule has 2 aromatic carbocycles. The fourth-order valence-electron chi connectivity index (χ4n) is 4.84. The first kappa shape index (κ1) is 21.7. The predicted octanol–water partition coefficient (Wildman–Crippen LogP) is 6.35. The number of H-pyrrole nitrogens is 1. The molecule has 0 bridgehead atoms. The molecular weight excluding hydrogens is 432 g/mol. The van der Waals surface area contributed by atoms with Crippen molar-refractivity contribution >= 4 is 34.1 Å². The Morgan fingerprint density at radius 3 is 2.67 bits per heavy atom. The highest BCUT2D eigenvalue weighted by Crippen LogP contribution is 2.37. The first-order valence-corrected chi connectivity index (χ1v) is 11.8. The zero-order chi connectivity index (χ0) is 22.8. The number of likely N-dealkylation sites (tertiary alicyclic amines) is 1. The highest BCUT2D eigenvalue weighted by atomic mass is 35.5. The lowest BCUT2D eigenvalue weighted by Crippen LogP contribution is -2.35. The van der Waals surface area contributed by atoms with Crippen molar-refractivity contribution in [1.29, 1.82) is 0 Å². The van der Waals surface area contributed by atoms with Crippen LogP contribution in [0.15, 0.2) is 66.9 Å². The van der Waals surface area contributed by atoms with Crippen LogP contribution in [0.1, 0.15) is 52.6 Å². The van der Waals surface area contributed by atoms with Crippen LogP contribution in [0.4, 0.5) is 5.69 Å². The van der Waals surface area contributed by atoms with Gasteiger partial charge < -0.3 is 10.3 Å². The second kappa shape index (κ2) is 9.38. The maximum absolute atomic E-state index is 12.8. The number of halogens is 1. The lowest BCUT2D eigenvalue weighted by molar-refractivity contribution is 0.102. The summed E-state index contributed by atoms with van der Waals surface area (Å²) in [6.07, 6.45) is 5.54. The van der Waals surface area contributed by atoms with Crippen molar-refractivity contribution in [3.05, 3.63) is 94.4 Å². The molecule has 2 N–H and O–H groups in total. The Morgan fingerprint density at radius 1 is 1.06 bits per heavy atom. The molecule has 1 fully saturated rings. The number of nitrogens with zero attached hydrogens (tertiary/aromatic N) is 2. The molecule has 1 aliphatic rings. The van der Waals surface area contributed by atoms with E-state index in [1.54, 1.807) is 24.3 Å². The molecule has 5 nitrogen and oxygen atoms in total. The third-order valence-electron chi connectivity index (χ3n) is 6.38. The van der Waals surface area contributed by atoms with Crippen LogP contribution in [-0.4, -0.2) is 33.9 Å². The van der Waals surface area contributed by atoms with Gasteiger partial charge in [0.15, 0.2) is 0 Å². The molecule has 5 rings (SSSR count). The fourth-order valence-corrected chi connectivity index (χ4v) is 5.03. The van der Waals surface area contributed by atoms with E-state index in [0.29, 0.717) is 10.6 Å². The molecule has 1 aliphatic heterocycles. The zero-order valence-corrected chi connectivity index (χ0v) is 19.4. The lowest BCUT2D eigenvalue weighted by Gasteiger charge is -2.34. The van der Waals surface area contributed by atoms with Crippen LogP contribution in [0, 0.1) is 6.92 Å². The first-order valence-electron chi connectivity index (χ1n) is 11.4. The van der Waals surface area contributed by atoms with Crippen LogP contribution in [0.5, 0.6) is 0 Å². The van der Waals surface area contributed by atoms with E-state index in [0.717, 1.165) is 41.1 Å². The highest BCUT2D eigenvalue weighted by Gasteiger charge is 2.29. The van der Waals surface area contributed by atoms with Crippen molar-refractivity contribution in [3.8, 4) is 0 Å². The monoisotopic (exact) mass is 458 g/mol. The maximum atomic E-state index is 12.8. The number of carbonyl (C=O) groups is 1. The van der Waals surface area contributed by atoms with Crippen molar-refractivity contribution < 1.29 is 4.79 Å². The Hall–Kier alpha value is -3.15. The van der Waals surface area contributed by atoms with Crippen LogP contribution in [0.25, 0.3) is 10.9 Å². The van der Waals surface area contributed by atoms with Crippen LogP contribution < -0.4 is 5.32 Å². The summed E-state index contributed by atoms with van der Waals surface area (Å²) in [6, 6.07) is 19.2. The smallest absolute Gasteiger partial charge is 0.255 e. The van der Waals surface area contributed by atoms with Gasteiger partial charge in [0.2, 0.25) is 0 Å². The lowest BCUT2D eigenvalue weighted by atomic mass is 9.95. The molecule has 1 saturated heterocycles. The van der Waals surface area contributed by atoms with Crippen molar-refractivity contribution in [2.75, 3.05) is 18.4 Å². The van der Waals surface area contributed by atoms with Gasteiger partial charge in [0.05, 0.1) is 11.7 Å². The Bertz CT molecular complexity index is 1280. The summed E-state index contributed by atoms with van der Waals surface area (Å²) in [5.41, 5.74) is 5.76. The number of carbonyl (C=O) groups excluding carboxylic acids is 1. The number of hydrogen-bond donors (Lipinski definition) is 2. The third kappa shape index (κ3) is 4.52. The van der Waals surface area contributed by atoms with Crippen LogP contribution in [0.3, 0.4) is 0 Å². The molecule has 0 saturated carbocycles. The molecule has 1 atom stereocenters. The number of piperidine rings is 1. The molecule has 3 heterocycles.